The maximum absolute atomic E-state index is 13.1. The Balaban J connectivity index is 2.51. The van der Waals surface area contributed by atoms with Gasteiger partial charge in [0.1, 0.15) is 5.82 Å². The standard InChI is InChI=1S/C14H19F4N/c1-10(2)4-3-7-19-9-11-5-6-13(15)12(8-11)14(16,17)18/h5-6,8,10,19H,3-4,7,9H2,1-2H3. The predicted octanol–water partition coefficient (Wildman–Crippen LogP) is 4.37. The van der Waals surface area contributed by atoms with Crippen LogP contribution in [0.5, 0.6) is 0 Å². The van der Waals surface area contributed by atoms with Gasteiger partial charge in [0, 0.05) is 6.54 Å². The molecule has 1 rings (SSSR count). The second kappa shape index (κ2) is 6.89. The van der Waals surface area contributed by atoms with E-state index in [1.807, 2.05) is 0 Å². The van der Waals surface area contributed by atoms with Crippen molar-refractivity contribution in [2.75, 3.05) is 6.54 Å². The van der Waals surface area contributed by atoms with Crippen LogP contribution < -0.4 is 5.32 Å². The van der Waals surface area contributed by atoms with Crippen molar-refractivity contribution in [3.05, 3.63) is 35.1 Å². The lowest BCUT2D eigenvalue weighted by atomic mass is 10.1. The first kappa shape index (κ1) is 16.0. The van der Waals surface area contributed by atoms with E-state index in [0.717, 1.165) is 31.5 Å². The molecule has 0 atom stereocenters. The second-order valence-corrected chi connectivity index (χ2v) is 5.02. The van der Waals surface area contributed by atoms with Crippen LogP contribution in [-0.2, 0) is 12.7 Å². The molecule has 0 spiro atoms. The maximum Gasteiger partial charge on any atom is 0.419 e. The molecule has 0 unspecified atom stereocenters. The molecular formula is C14H19F4N. The Bertz CT molecular complexity index is 399. The van der Waals surface area contributed by atoms with Gasteiger partial charge in [0.2, 0.25) is 0 Å². The highest BCUT2D eigenvalue weighted by Gasteiger charge is 2.34. The second-order valence-electron chi connectivity index (χ2n) is 5.02. The van der Waals surface area contributed by atoms with E-state index in [4.69, 9.17) is 0 Å². The first-order chi connectivity index (χ1) is 8.80. The molecule has 1 aromatic carbocycles. The van der Waals surface area contributed by atoms with E-state index in [-0.39, 0.29) is 0 Å². The van der Waals surface area contributed by atoms with E-state index >= 15 is 0 Å². The van der Waals surface area contributed by atoms with Gasteiger partial charge in [-0.2, -0.15) is 13.2 Å². The van der Waals surface area contributed by atoms with Crippen molar-refractivity contribution in [1.29, 1.82) is 0 Å². The molecule has 5 heteroatoms. The SMILES string of the molecule is CC(C)CCCNCc1ccc(F)c(C(F)(F)F)c1. The normalized spacial score (nSPS) is 12.2. The third kappa shape index (κ3) is 5.59. The van der Waals surface area contributed by atoms with Crippen LogP contribution in [-0.4, -0.2) is 6.54 Å². The van der Waals surface area contributed by atoms with Crippen LogP contribution in [0.3, 0.4) is 0 Å². The third-order valence-corrected chi connectivity index (χ3v) is 2.80. The van der Waals surface area contributed by atoms with E-state index in [1.165, 1.54) is 6.07 Å². The summed E-state index contributed by atoms with van der Waals surface area (Å²) in [6, 6.07) is 3.11. The number of hydrogen-bond acceptors (Lipinski definition) is 1. The van der Waals surface area contributed by atoms with E-state index in [0.29, 0.717) is 18.0 Å². The van der Waals surface area contributed by atoms with E-state index < -0.39 is 17.6 Å². The lowest BCUT2D eigenvalue weighted by Gasteiger charge is -2.11. The predicted molar refractivity (Wildman–Crippen MR) is 67.2 cm³/mol. The van der Waals surface area contributed by atoms with Gasteiger partial charge in [0.25, 0.3) is 0 Å². The van der Waals surface area contributed by atoms with E-state index in [2.05, 4.69) is 19.2 Å². The van der Waals surface area contributed by atoms with Crippen LogP contribution in [0.1, 0.15) is 37.8 Å². The molecule has 0 bridgehead atoms. The summed E-state index contributed by atoms with van der Waals surface area (Å²) < 4.78 is 50.6. The molecule has 0 fully saturated rings. The number of hydrogen-bond donors (Lipinski definition) is 1. The van der Waals surface area contributed by atoms with Gasteiger partial charge in [-0.05, 0) is 43.0 Å². The molecule has 1 aromatic rings. The third-order valence-electron chi connectivity index (χ3n) is 2.80. The minimum Gasteiger partial charge on any atom is -0.313 e. The zero-order valence-corrected chi connectivity index (χ0v) is 11.1. The summed E-state index contributed by atoms with van der Waals surface area (Å²) >= 11 is 0. The van der Waals surface area contributed by atoms with Gasteiger partial charge < -0.3 is 5.32 Å². The summed E-state index contributed by atoms with van der Waals surface area (Å²) in [5, 5.41) is 3.07. The Labute approximate surface area is 111 Å². The van der Waals surface area contributed by atoms with Crippen molar-refractivity contribution in [1.82, 2.24) is 5.32 Å². The molecule has 0 saturated carbocycles. The van der Waals surface area contributed by atoms with Crippen LogP contribution in [0.15, 0.2) is 18.2 Å². The van der Waals surface area contributed by atoms with Crippen molar-refractivity contribution in [3.63, 3.8) is 0 Å². The smallest absolute Gasteiger partial charge is 0.313 e. The van der Waals surface area contributed by atoms with Gasteiger partial charge in [-0.25, -0.2) is 4.39 Å². The minimum atomic E-state index is -4.64. The summed E-state index contributed by atoms with van der Waals surface area (Å²) in [4.78, 5) is 0. The fourth-order valence-corrected chi connectivity index (χ4v) is 1.77. The van der Waals surface area contributed by atoms with Crippen LogP contribution in [0, 0.1) is 11.7 Å². The minimum absolute atomic E-state index is 0.321. The zero-order valence-electron chi connectivity index (χ0n) is 11.1. The molecule has 0 amide bonds. The zero-order chi connectivity index (χ0) is 14.5. The van der Waals surface area contributed by atoms with Gasteiger partial charge >= 0.3 is 6.18 Å². The van der Waals surface area contributed by atoms with Gasteiger partial charge in [0.05, 0.1) is 5.56 Å². The molecule has 0 aliphatic carbocycles. The average molecular weight is 277 g/mol. The summed E-state index contributed by atoms with van der Waals surface area (Å²) in [7, 11) is 0. The molecule has 0 aromatic heterocycles. The van der Waals surface area contributed by atoms with Gasteiger partial charge in [-0.1, -0.05) is 19.9 Å². The molecule has 19 heavy (non-hydrogen) atoms. The molecule has 1 N–H and O–H groups in total. The number of rotatable bonds is 6. The number of benzene rings is 1. The van der Waals surface area contributed by atoms with Gasteiger partial charge in [-0.3, -0.25) is 0 Å². The summed E-state index contributed by atoms with van der Waals surface area (Å²) in [5.41, 5.74) is -0.757. The fraction of sp³-hybridized carbons (Fsp3) is 0.571. The molecule has 108 valence electrons. The van der Waals surface area contributed by atoms with Gasteiger partial charge in [0.15, 0.2) is 0 Å². The van der Waals surface area contributed by atoms with Crippen molar-refractivity contribution >= 4 is 0 Å². The summed E-state index contributed by atoms with van der Waals surface area (Å²) in [5.74, 6) is -0.611. The van der Waals surface area contributed by atoms with Crippen LogP contribution in [0.25, 0.3) is 0 Å². The molecule has 1 nitrogen and oxygen atoms in total. The Morgan fingerprint density at radius 1 is 1.21 bits per heavy atom. The van der Waals surface area contributed by atoms with E-state index in [9.17, 15) is 17.6 Å². The van der Waals surface area contributed by atoms with Crippen LogP contribution >= 0.6 is 0 Å². The largest absolute Gasteiger partial charge is 0.419 e. The van der Waals surface area contributed by atoms with Crippen LogP contribution in [0.2, 0.25) is 0 Å². The Kier molecular flexibility index (Phi) is 5.79. The van der Waals surface area contributed by atoms with Crippen molar-refractivity contribution in [3.8, 4) is 0 Å². The lowest BCUT2D eigenvalue weighted by Crippen LogP contribution is -2.16. The molecule has 0 aliphatic heterocycles. The monoisotopic (exact) mass is 277 g/mol. The van der Waals surface area contributed by atoms with Crippen molar-refractivity contribution in [2.24, 2.45) is 5.92 Å². The highest BCUT2D eigenvalue weighted by atomic mass is 19.4. The van der Waals surface area contributed by atoms with Crippen LogP contribution in [0.4, 0.5) is 17.6 Å². The quantitative estimate of drug-likeness (QED) is 0.601. The Morgan fingerprint density at radius 3 is 2.47 bits per heavy atom. The lowest BCUT2D eigenvalue weighted by molar-refractivity contribution is -0.140. The molecule has 0 saturated heterocycles. The Morgan fingerprint density at radius 2 is 1.89 bits per heavy atom. The number of alkyl halides is 3. The molecule has 0 aliphatic rings. The number of nitrogens with one attached hydrogen (secondary N) is 1. The highest BCUT2D eigenvalue weighted by Crippen LogP contribution is 2.31. The Hall–Kier alpha value is -1.10. The van der Waals surface area contributed by atoms with Crippen molar-refractivity contribution in [2.45, 2.75) is 39.4 Å². The first-order valence-corrected chi connectivity index (χ1v) is 6.37. The molecule has 0 radical (unpaired) electrons. The topological polar surface area (TPSA) is 12.0 Å². The number of halogens is 4. The van der Waals surface area contributed by atoms with E-state index in [1.54, 1.807) is 0 Å². The maximum atomic E-state index is 13.1. The highest BCUT2D eigenvalue weighted by molar-refractivity contribution is 5.27. The average Bonchev–Trinajstić information content (AvgIpc) is 2.28. The summed E-state index contributed by atoms with van der Waals surface area (Å²) in [6.45, 7) is 5.31. The molecule has 0 heterocycles. The van der Waals surface area contributed by atoms with Gasteiger partial charge in [-0.15, -0.1) is 0 Å². The fourth-order valence-electron chi connectivity index (χ4n) is 1.77. The summed E-state index contributed by atoms with van der Waals surface area (Å²) in [6.07, 6.45) is -2.59. The molecular weight excluding hydrogens is 258 g/mol. The first-order valence-electron chi connectivity index (χ1n) is 6.37. The van der Waals surface area contributed by atoms with Crippen molar-refractivity contribution < 1.29 is 17.6 Å².